The molecule has 0 saturated heterocycles. The smallest absolute Gasteiger partial charge is 0.220 e. The number of allylic oxidation sites excluding steroid dienone is 6. The fraction of sp³-hybridized carbons (Fsp3) is 0.0385. The average Bonchev–Trinajstić information content (AvgIpc) is 3.14. The quantitative estimate of drug-likeness (QED) is 0.354. The van der Waals surface area contributed by atoms with Crippen molar-refractivity contribution in [1.29, 1.82) is 0 Å². The largest absolute Gasteiger partial charge is 0.278 e. The number of hydrogen-bond acceptors (Lipinski definition) is 1. The van der Waals surface area contributed by atoms with Gasteiger partial charge in [-0.2, -0.15) is 0 Å². The summed E-state index contributed by atoms with van der Waals surface area (Å²) in [5.74, 6) is 0.941. The fourth-order valence-corrected chi connectivity index (χ4v) is 4.22. The second-order valence-corrected chi connectivity index (χ2v) is 7.29. The maximum absolute atomic E-state index is 4.97. The number of benzene rings is 3. The van der Waals surface area contributed by atoms with Gasteiger partial charge in [0.2, 0.25) is 5.78 Å². The van der Waals surface area contributed by atoms with E-state index in [1.165, 1.54) is 16.7 Å². The van der Waals surface area contributed by atoms with Gasteiger partial charge in [-0.25, -0.2) is 4.98 Å². The summed E-state index contributed by atoms with van der Waals surface area (Å²) >= 11 is 0. The highest BCUT2D eigenvalue weighted by Crippen LogP contribution is 2.30. The third-order valence-corrected chi connectivity index (χ3v) is 5.54. The van der Waals surface area contributed by atoms with Crippen molar-refractivity contribution in [3.63, 3.8) is 0 Å². The Morgan fingerprint density at radius 1 is 0.759 bits per heavy atom. The molecule has 2 heterocycles. The molecule has 5 aromatic rings. The van der Waals surface area contributed by atoms with Gasteiger partial charge < -0.3 is 0 Å². The van der Waals surface area contributed by atoms with Crippen LogP contribution in [0.1, 0.15) is 12.0 Å². The van der Waals surface area contributed by atoms with Crippen LogP contribution in [0.4, 0.5) is 0 Å². The monoisotopic (exact) mass is 373 g/mol. The fourth-order valence-electron chi connectivity index (χ4n) is 4.22. The summed E-state index contributed by atoms with van der Waals surface area (Å²) in [5, 5.41) is 0. The molecule has 3 aromatic carbocycles. The number of imidazole rings is 2. The van der Waals surface area contributed by atoms with E-state index >= 15 is 0 Å². The van der Waals surface area contributed by atoms with E-state index < -0.39 is 0 Å². The summed E-state index contributed by atoms with van der Waals surface area (Å²) < 4.78 is 4.52. The predicted octanol–water partition coefficient (Wildman–Crippen LogP) is 6.33. The van der Waals surface area contributed by atoms with Crippen molar-refractivity contribution in [3.8, 4) is 5.69 Å². The second-order valence-electron chi connectivity index (χ2n) is 7.29. The van der Waals surface area contributed by atoms with E-state index in [-0.39, 0.29) is 0 Å². The first kappa shape index (κ1) is 16.1. The van der Waals surface area contributed by atoms with Crippen LogP contribution < -0.4 is 0 Å². The topological polar surface area (TPSA) is 22.2 Å². The summed E-state index contributed by atoms with van der Waals surface area (Å²) in [7, 11) is 0. The molecule has 138 valence electrons. The summed E-state index contributed by atoms with van der Waals surface area (Å²) in [4.78, 5) is 4.97. The number of para-hydroxylation sites is 4. The molecule has 29 heavy (non-hydrogen) atoms. The van der Waals surface area contributed by atoms with Crippen LogP contribution in [0.15, 0.2) is 103 Å². The molecule has 0 bridgehead atoms. The van der Waals surface area contributed by atoms with Gasteiger partial charge in [0.05, 0.1) is 22.1 Å². The Hall–Kier alpha value is -3.85. The summed E-state index contributed by atoms with van der Waals surface area (Å²) in [6.45, 7) is 0. The number of rotatable bonds is 2. The first-order valence-corrected chi connectivity index (χ1v) is 9.91. The van der Waals surface area contributed by atoms with E-state index in [9.17, 15) is 0 Å². The Morgan fingerprint density at radius 3 is 2.52 bits per heavy atom. The molecule has 0 unspecified atom stereocenters. The maximum atomic E-state index is 4.97. The van der Waals surface area contributed by atoms with Crippen LogP contribution in [0.3, 0.4) is 0 Å². The van der Waals surface area contributed by atoms with Gasteiger partial charge in [-0.3, -0.25) is 8.97 Å². The number of nitrogens with zero attached hydrogens (tertiary/aromatic N) is 3. The molecule has 0 amide bonds. The zero-order valence-corrected chi connectivity index (χ0v) is 15.9. The Morgan fingerprint density at radius 2 is 1.59 bits per heavy atom. The van der Waals surface area contributed by atoms with Gasteiger partial charge in [0, 0.05) is 5.69 Å². The van der Waals surface area contributed by atoms with E-state index in [2.05, 4.69) is 106 Å². The Bertz CT molecular complexity index is 1470. The van der Waals surface area contributed by atoms with Gasteiger partial charge in [-0.1, -0.05) is 66.8 Å². The van der Waals surface area contributed by atoms with Gasteiger partial charge in [0.25, 0.3) is 0 Å². The lowest BCUT2D eigenvalue weighted by molar-refractivity contribution is 1.11. The normalized spacial score (nSPS) is 14.0. The van der Waals surface area contributed by atoms with Crippen LogP contribution in [0.25, 0.3) is 39.1 Å². The van der Waals surface area contributed by atoms with Crippen molar-refractivity contribution in [3.05, 3.63) is 109 Å². The van der Waals surface area contributed by atoms with Crippen molar-refractivity contribution in [2.45, 2.75) is 6.42 Å². The maximum Gasteiger partial charge on any atom is 0.220 e. The third-order valence-electron chi connectivity index (χ3n) is 5.54. The van der Waals surface area contributed by atoms with Crippen molar-refractivity contribution < 1.29 is 0 Å². The van der Waals surface area contributed by atoms with E-state index in [4.69, 9.17) is 4.98 Å². The molecule has 0 fully saturated rings. The highest BCUT2D eigenvalue weighted by molar-refractivity contribution is 5.92. The molecule has 0 atom stereocenters. The second kappa shape index (κ2) is 6.35. The molecule has 0 aliphatic heterocycles. The first-order chi connectivity index (χ1) is 14.4. The Balaban J connectivity index is 1.65. The van der Waals surface area contributed by atoms with Crippen LogP contribution in [-0.2, 0) is 0 Å². The molecule has 0 N–H and O–H groups in total. The number of aromatic nitrogens is 3. The zero-order chi connectivity index (χ0) is 19.2. The molecule has 0 radical (unpaired) electrons. The van der Waals surface area contributed by atoms with Crippen LogP contribution in [0.2, 0.25) is 0 Å². The highest BCUT2D eigenvalue weighted by atomic mass is 15.2. The van der Waals surface area contributed by atoms with Crippen molar-refractivity contribution in [2.24, 2.45) is 0 Å². The molecular weight excluding hydrogens is 354 g/mol. The molecule has 3 nitrogen and oxygen atoms in total. The Labute approximate surface area is 168 Å². The first-order valence-electron chi connectivity index (χ1n) is 9.91. The minimum Gasteiger partial charge on any atom is -0.278 e. The van der Waals surface area contributed by atoms with Gasteiger partial charge >= 0.3 is 0 Å². The van der Waals surface area contributed by atoms with E-state index in [0.717, 1.165) is 34.4 Å². The third kappa shape index (κ3) is 2.48. The standard InChI is InChI=1S/C26H19N3/c1-2-4-11-19(10-3-1)20-12-9-13-21(18-20)28-24-16-7-8-17-25(24)29-23-15-6-5-14-22(23)27-26(28)29/h1-3,5-18H,4H2. The van der Waals surface area contributed by atoms with Crippen LogP contribution in [0.5, 0.6) is 0 Å². The molecule has 2 aromatic heterocycles. The van der Waals surface area contributed by atoms with Crippen molar-refractivity contribution in [1.82, 2.24) is 14.0 Å². The summed E-state index contributed by atoms with van der Waals surface area (Å²) in [5.41, 5.74) is 8.06. The van der Waals surface area contributed by atoms with Gasteiger partial charge in [-0.05, 0) is 54.0 Å². The van der Waals surface area contributed by atoms with Crippen LogP contribution in [-0.4, -0.2) is 14.0 Å². The number of hydrogen-bond donors (Lipinski definition) is 0. The summed E-state index contributed by atoms with van der Waals surface area (Å²) in [6.07, 6.45) is 11.8. The summed E-state index contributed by atoms with van der Waals surface area (Å²) in [6, 6.07) is 25.6. The molecular formula is C26H19N3. The van der Waals surface area contributed by atoms with Gasteiger partial charge in [-0.15, -0.1) is 0 Å². The molecule has 6 rings (SSSR count). The predicted molar refractivity (Wildman–Crippen MR) is 120 cm³/mol. The molecule has 1 aliphatic carbocycles. The van der Waals surface area contributed by atoms with E-state index in [1.807, 2.05) is 6.07 Å². The molecule has 3 heteroatoms. The van der Waals surface area contributed by atoms with Crippen LogP contribution >= 0.6 is 0 Å². The lowest BCUT2D eigenvalue weighted by Crippen LogP contribution is -1.96. The average molecular weight is 373 g/mol. The van der Waals surface area contributed by atoms with Crippen molar-refractivity contribution >= 4 is 33.4 Å². The van der Waals surface area contributed by atoms with Crippen LogP contribution in [0, 0.1) is 0 Å². The number of fused-ring (bicyclic) bond motifs is 5. The minimum atomic E-state index is 0.941. The van der Waals surface area contributed by atoms with E-state index in [0.29, 0.717) is 0 Å². The molecule has 0 spiro atoms. The Kier molecular flexibility index (Phi) is 3.53. The lowest BCUT2D eigenvalue weighted by Gasteiger charge is -2.09. The minimum absolute atomic E-state index is 0.941. The highest BCUT2D eigenvalue weighted by Gasteiger charge is 2.16. The van der Waals surface area contributed by atoms with Gasteiger partial charge in [0.1, 0.15) is 0 Å². The zero-order valence-electron chi connectivity index (χ0n) is 15.9. The van der Waals surface area contributed by atoms with Gasteiger partial charge in [0.15, 0.2) is 0 Å². The van der Waals surface area contributed by atoms with Crippen molar-refractivity contribution in [2.75, 3.05) is 0 Å². The molecule has 1 aliphatic rings. The van der Waals surface area contributed by atoms with E-state index in [1.54, 1.807) is 0 Å². The SMILES string of the molecule is C1=CCC=C(c2cccc(-n3c4ccccc4n4c5ccccc5nc34)c2)C=C1. The lowest BCUT2D eigenvalue weighted by atomic mass is 10.0. The molecule has 0 saturated carbocycles.